The number of carboxylic acids is 1. The maximum atomic E-state index is 12.8. The second-order valence-electron chi connectivity index (χ2n) is 5.96. The van der Waals surface area contributed by atoms with Crippen LogP contribution in [0.3, 0.4) is 0 Å². The van der Waals surface area contributed by atoms with E-state index in [0.29, 0.717) is 12.0 Å². The van der Waals surface area contributed by atoms with Crippen molar-refractivity contribution in [2.75, 3.05) is 6.54 Å². The van der Waals surface area contributed by atoms with E-state index in [1.165, 1.54) is 29.2 Å². The molecule has 1 amide bonds. The van der Waals surface area contributed by atoms with Gasteiger partial charge in [0.1, 0.15) is 0 Å². The van der Waals surface area contributed by atoms with Crippen LogP contribution in [0.1, 0.15) is 28.4 Å². The zero-order valence-electron chi connectivity index (χ0n) is 13.2. The number of carbonyl (C=O) groups excluding carboxylic acids is 1. The summed E-state index contributed by atoms with van der Waals surface area (Å²) in [5.74, 6) is -1.89. The van der Waals surface area contributed by atoms with Gasteiger partial charge < -0.3 is 10.0 Å². The van der Waals surface area contributed by atoms with E-state index >= 15 is 0 Å². The highest BCUT2D eigenvalue weighted by atomic mass is 16.6. The van der Waals surface area contributed by atoms with Crippen LogP contribution in [0, 0.1) is 16.0 Å². The molecular formula is C18H16N2O5. The number of likely N-dealkylation sites (tertiary alicyclic amines) is 1. The number of non-ortho nitro benzene ring substituents is 1. The van der Waals surface area contributed by atoms with E-state index in [9.17, 15) is 24.8 Å². The van der Waals surface area contributed by atoms with Crippen LogP contribution >= 0.6 is 0 Å². The second-order valence-corrected chi connectivity index (χ2v) is 5.96. The first-order chi connectivity index (χ1) is 12.0. The number of amides is 1. The summed E-state index contributed by atoms with van der Waals surface area (Å²) < 4.78 is 0. The van der Waals surface area contributed by atoms with Crippen LogP contribution in [0.15, 0.2) is 54.6 Å². The predicted molar refractivity (Wildman–Crippen MR) is 89.1 cm³/mol. The molecule has 3 rings (SSSR count). The van der Waals surface area contributed by atoms with E-state index in [4.69, 9.17) is 0 Å². The molecule has 7 heteroatoms. The third-order valence-electron chi connectivity index (χ3n) is 4.42. The van der Waals surface area contributed by atoms with Gasteiger partial charge in [-0.25, -0.2) is 0 Å². The van der Waals surface area contributed by atoms with Crippen LogP contribution < -0.4 is 0 Å². The number of rotatable bonds is 4. The molecule has 2 atom stereocenters. The zero-order valence-corrected chi connectivity index (χ0v) is 13.2. The van der Waals surface area contributed by atoms with Crippen LogP contribution in [0.5, 0.6) is 0 Å². The van der Waals surface area contributed by atoms with E-state index < -0.39 is 16.8 Å². The predicted octanol–water partition coefficient (Wildman–Crippen LogP) is 2.88. The lowest BCUT2D eigenvalue weighted by Crippen LogP contribution is -2.32. The summed E-state index contributed by atoms with van der Waals surface area (Å²) in [6, 6.07) is 14.3. The zero-order chi connectivity index (χ0) is 18.0. The Labute approximate surface area is 143 Å². The first-order valence-electron chi connectivity index (χ1n) is 7.80. The number of carbonyl (C=O) groups is 2. The minimum Gasteiger partial charge on any atom is -0.481 e. The Balaban J connectivity index is 1.90. The van der Waals surface area contributed by atoms with Crippen LogP contribution in [-0.2, 0) is 4.79 Å². The van der Waals surface area contributed by atoms with Crippen LogP contribution in [-0.4, -0.2) is 33.4 Å². The number of nitrogens with zero attached hydrogens (tertiary/aromatic N) is 2. The number of nitro benzene ring substituents is 1. The summed E-state index contributed by atoms with van der Waals surface area (Å²) >= 11 is 0. The second kappa shape index (κ2) is 6.72. The van der Waals surface area contributed by atoms with Gasteiger partial charge in [-0.1, -0.05) is 30.3 Å². The van der Waals surface area contributed by atoms with Crippen molar-refractivity contribution in [3.63, 3.8) is 0 Å². The molecule has 0 saturated carbocycles. The highest BCUT2D eigenvalue weighted by Gasteiger charge is 2.39. The lowest BCUT2D eigenvalue weighted by molar-refractivity contribution is -0.384. The van der Waals surface area contributed by atoms with Crippen LogP contribution in [0.25, 0.3) is 0 Å². The summed E-state index contributed by atoms with van der Waals surface area (Å²) in [5, 5.41) is 20.1. The van der Waals surface area contributed by atoms with E-state index in [0.717, 1.165) is 5.56 Å². The third kappa shape index (κ3) is 3.35. The topological polar surface area (TPSA) is 101 Å². The van der Waals surface area contributed by atoms with Gasteiger partial charge in [0.05, 0.1) is 16.9 Å². The highest BCUT2D eigenvalue weighted by molar-refractivity contribution is 5.95. The molecule has 2 aromatic rings. The first-order valence-corrected chi connectivity index (χ1v) is 7.80. The van der Waals surface area contributed by atoms with Gasteiger partial charge in [-0.15, -0.1) is 0 Å². The molecule has 0 unspecified atom stereocenters. The Morgan fingerprint density at radius 3 is 2.28 bits per heavy atom. The summed E-state index contributed by atoms with van der Waals surface area (Å²) in [7, 11) is 0. The number of carboxylic acid groups (broad SMARTS) is 1. The molecule has 1 aliphatic heterocycles. The van der Waals surface area contributed by atoms with Gasteiger partial charge in [0.15, 0.2) is 0 Å². The van der Waals surface area contributed by atoms with Gasteiger partial charge in [0.2, 0.25) is 0 Å². The minimum absolute atomic E-state index is 0.0963. The summed E-state index contributed by atoms with van der Waals surface area (Å²) in [6.45, 7) is 0.116. The number of hydrogen-bond donors (Lipinski definition) is 1. The molecule has 1 N–H and O–H groups in total. The van der Waals surface area contributed by atoms with Crippen molar-refractivity contribution in [1.29, 1.82) is 0 Å². The quantitative estimate of drug-likeness (QED) is 0.681. The minimum atomic E-state index is -0.931. The standard InChI is InChI=1S/C18H16N2O5/c21-17(13-6-8-15(9-7-13)20(24)25)19-11-14(18(22)23)10-16(19)12-4-2-1-3-5-12/h1-9,14,16H,10-11H2,(H,22,23)/t14-,16-/m1/s1. The first kappa shape index (κ1) is 16.6. The molecule has 0 aromatic heterocycles. The van der Waals surface area contributed by atoms with Crippen molar-refractivity contribution < 1.29 is 19.6 Å². The summed E-state index contributed by atoms with van der Waals surface area (Å²) in [5.41, 5.74) is 1.08. The largest absolute Gasteiger partial charge is 0.481 e. The molecular weight excluding hydrogens is 324 g/mol. The Bertz CT molecular complexity index is 804. The van der Waals surface area contributed by atoms with E-state index in [-0.39, 0.29) is 24.2 Å². The van der Waals surface area contributed by atoms with Gasteiger partial charge in [-0.3, -0.25) is 19.7 Å². The van der Waals surface area contributed by atoms with E-state index in [2.05, 4.69) is 0 Å². The van der Waals surface area contributed by atoms with Crippen molar-refractivity contribution in [3.8, 4) is 0 Å². The molecule has 0 spiro atoms. The molecule has 1 saturated heterocycles. The Morgan fingerprint density at radius 2 is 1.72 bits per heavy atom. The molecule has 7 nitrogen and oxygen atoms in total. The van der Waals surface area contributed by atoms with Gasteiger partial charge in [-0.05, 0) is 24.1 Å². The fourth-order valence-corrected chi connectivity index (χ4v) is 3.12. The molecule has 1 aliphatic rings. The van der Waals surface area contributed by atoms with Crippen molar-refractivity contribution >= 4 is 17.6 Å². The lowest BCUT2D eigenvalue weighted by Gasteiger charge is -2.25. The van der Waals surface area contributed by atoms with Gasteiger partial charge in [0.25, 0.3) is 11.6 Å². The molecule has 0 radical (unpaired) electrons. The molecule has 128 valence electrons. The maximum absolute atomic E-state index is 12.8. The highest BCUT2D eigenvalue weighted by Crippen LogP contribution is 2.36. The Hall–Kier alpha value is -3.22. The van der Waals surface area contributed by atoms with Crippen molar-refractivity contribution in [3.05, 3.63) is 75.8 Å². The number of hydrogen-bond acceptors (Lipinski definition) is 4. The molecule has 0 bridgehead atoms. The summed E-state index contributed by atoms with van der Waals surface area (Å²) in [6.07, 6.45) is 0.345. The molecule has 1 fully saturated rings. The smallest absolute Gasteiger partial charge is 0.308 e. The number of nitro groups is 1. The van der Waals surface area contributed by atoms with Crippen molar-refractivity contribution in [1.82, 2.24) is 4.90 Å². The molecule has 1 heterocycles. The summed E-state index contributed by atoms with van der Waals surface area (Å²) in [4.78, 5) is 36.0. The fraction of sp³-hybridized carbons (Fsp3) is 0.222. The number of aliphatic carboxylic acids is 1. The third-order valence-corrected chi connectivity index (χ3v) is 4.42. The van der Waals surface area contributed by atoms with Gasteiger partial charge in [0, 0.05) is 24.2 Å². The van der Waals surface area contributed by atoms with E-state index in [1.54, 1.807) is 0 Å². The number of benzene rings is 2. The Kier molecular flexibility index (Phi) is 4.47. The monoisotopic (exact) mass is 340 g/mol. The van der Waals surface area contributed by atoms with Gasteiger partial charge >= 0.3 is 5.97 Å². The van der Waals surface area contributed by atoms with Crippen molar-refractivity contribution in [2.45, 2.75) is 12.5 Å². The Morgan fingerprint density at radius 1 is 1.08 bits per heavy atom. The molecule has 25 heavy (non-hydrogen) atoms. The average molecular weight is 340 g/mol. The lowest BCUT2D eigenvalue weighted by atomic mass is 10.00. The van der Waals surface area contributed by atoms with Crippen LogP contribution in [0.4, 0.5) is 5.69 Å². The normalized spacial score (nSPS) is 19.6. The molecule has 0 aliphatic carbocycles. The fourth-order valence-electron chi connectivity index (χ4n) is 3.12. The van der Waals surface area contributed by atoms with Gasteiger partial charge in [-0.2, -0.15) is 0 Å². The van der Waals surface area contributed by atoms with Crippen LogP contribution in [0.2, 0.25) is 0 Å². The SMILES string of the molecule is O=C(O)[C@@H]1C[C@H](c2ccccc2)N(C(=O)c2ccc([N+](=O)[O-])cc2)C1. The van der Waals surface area contributed by atoms with E-state index in [1.807, 2.05) is 30.3 Å². The average Bonchev–Trinajstić information content (AvgIpc) is 3.07. The maximum Gasteiger partial charge on any atom is 0.308 e. The molecule has 2 aromatic carbocycles. The van der Waals surface area contributed by atoms with Crippen molar-refractivity contribution in [2.24, 2.45) is 5.92 Å².